The van der Waals surface area contributed by atoms with E-state index in [2.05, 4.69) is 27.4 Å². The molecule has 3 rings (SSSR count). The molecule has 0 saturated carbocycles. The van der Waals surface area contributed by atoms with Gasteiger partial charge in [0.05, 0.1) is 0 Å². The number of anilines is 1. The van der Waals surface area contributed by atoms with Crippen LogP contribution in [-0.2, 0) is 0 Å². The zero-order chi connectivity index (χ0) is 18.5. The summed E-state index contributed by atoms with van der Waals surface area (Å²) in [6.07, 6.45) is 4.40. The average molecular weight is 392 g/mol. The first-order valence-corrected chi connectivity index (χ1v) is 9.42. The minimum Gasteiger partial charge on any atom is -0.296 e. The predicted octanol–water partition coefficient (Wildman–Crippen LogP) is 4.71. The average Bonchev–Trinajstić information content (AvgIpc) is 3.06. The van der Waals surface area contributed by atoms with E-state index < -0.39 is 17.5 Å². The Hall–Kier alpha value is -2.39. The molecule has 0 aliphatic carbocycles. The van der Waals surface area contributed by atoms with Crippen molar-refractivity contribution in [1.29, 1.82) is 0 Å². The molecule has 3 aromatic rings. The van der Waals surface area contributed by atoms with Gasteiger partial charge in [-0.25, -0.2) is 8.78 Å². The van der Waals surface area contributed by atoms with E-state index in [0.29, 0.717) is 10.4 Å². The van der Waals surface area contributed by atoms with Crippen molar-refractivity contribution in [2.45, 2.75) is 22.9 Å². The van der Waals surface area contributed by atoms with Crippen LogP contribution >= 0.6 is 23.1 Å². The number of carbonyl (C=O) groups excluding carboxylic acids is 1. The van der Waals surface area contributed by atoms with Gasteiger partial charge in [0.25, 0.3) is 5.91 Å². The third-order valence-electron chi connectivity index (χ3n) is 3.42. The van der Waals surface area contributed by atoms with Crippen molar-refractivity contribution < 1.29 is 13.6 Å². The van der Waals surface area contributed by atoms with Crippen LogP contribution < -0.4 is 5.32 Å². The van der Waals surface area contributed by atoms with Gasteiger partial charge in [-0.1, -0.05) is 36.1 Å². The highest BCUT2D eigenvalue weighted by Gasteiger charge is 2.16. The highest BCUT2D eigenvalue weighted by atomic mass is 32.2. The van der Waals surface area contributed by atoms with Gasteiger partial charge in [-0.3, -0.25) is 15.1 Å². The van der Waals surface area contributed by atoms with Crippen LogP contribution in [0.4, 0.5) is 13.9 Å². The third kappa shape index (κ3) is 4.61. The molecule has 0 spiro atoms. The number of benzene rings is 1. The van der Waals surface area contributed by atoms with E-state index in [-0.39, 0.29) is 15.9 Å². The number of thioether (sulfide) groups is 1. The monoisotopic (exact) mass is 392 g/mol. The molecule has 5 nitrogen and oxygen atoms in total. The summed E-state index contributed by atoms with van der Waals surface area (Å²) in [5.41, 5.74) is 0.963. The molecule has 0 bridgehead atoms. The number of halogens is 2. The van der Waals surface area contributed by atoms with Crippen LogP contribution in [0.3, 0.4) is 0 Å². The number of nitrogens with one attached hydrogen (secondary N) is 1. The van der Waals surface area contributed by atoms with E-state index in [1.54, 1.807) is 6.20 Å². The van der Waals surface area contributed by atoms with E-state index in [0.717, 1.165) is 24.1 Å². The molecule has 1 atom stereocenters. The lowest BCUT2D eigenvalue weighted by atomic mass is 10.2. The summed E-state index contributed by atoms with van der Waals surface area (Å²) in [5.74, 6) is -2.27. The van der Waals surface area contributed by atoms with Gasteiger partial charge in [0.15, 0.2) is 4.34 Å². The van der Waals surface area contributed by atoms with Crippen molar-refractivity contribution in [3.05, 3.63) is 65.5 Å². The van der Waals surface area contributed by atoms with E-state index in [9.17, 15) is 13.6 Å². The molecule has 9 heteroatoms. The summed E-state index contributed by atoms with van der Waals surface area (Å²) < 4.78 is 27.1. The standard InChI is InChI=1S/C17H14F2N4OS2/c1-2-14(10-4-3-5-20-9-10)25-17-23-22-16(26-17)21-15(24)11-6-12(18)8-13(19)7-11/h3-9,14H,2H2,1H3,(H,21,22,24). The Balaban J connectivity index is 1.68. The number of aromatic nitrogens is 3. The van der Waals surface area contributed by atoms with E-state index in [1.165, 1.54) is 23.1 Å². The molecular formula is C17H14F2N4OS2. The van der Waals surface area contributed by atoms with Crippen molar-refractivity contribution in [1.82, 2.24) is 15.2 Å². The Morgan fingerprint density at radius 2 is 2.04 bits per heavy atom. The molecule has 1 aromatic carbocycles. The second kappa shape index (κ2) is 8.33. The second-order valence-corrected chi connectivity index (χ2v) is 7.71. The van der Waals surface area contributed by atoms with Gasteiger partial charge in [0.1, 0.15) is 11.6 Å². The lowest BCUT2D eigenvalue weighted by molar-refractivity contribution is 0.102. The van der Waals surface area contributed by atoms with Crippen LogP contribution in [0, 0.1) is 11.6 Å². The molecule has 1 unspecified atom stereocenters. The van der Waals surface area contributed by atoms with Crippen LogP contribution in [0.15, 0.2) is 47.1 Å². The first-order valence-electron chi connectivity index (χ1n) is 7.72. The minimum absolute atomic E-state index is 0.117. The molecule has 0 radical (unpaired) electrons. The van der Waals surface area contributed by atoms with Crippen LogP contribution in [-0.4, -0.2) is 21.1 Å². The highest BCUT2D eigenvalue weighted by molar-refractivity contribution is 8.01. The van der Waals surface area contributed by atoms with Gasteiger partial charge >= 0.3 is 0 Å². The van der Waals surface area contributed by atoms with Gasteiger partial charge < -0.3 is 0 Å². The van der Waals surface area contributed by atoms with E-state index in [1.807, 2.05) is 18.3 Å². The third-order valence-corrected chi connectivity index (χ3v) is 5.77. The van der Waals surface area contributed by atoms with Crippen molar-refractivity contribution in [3.63, 3.8) is 0 Å². The van der Waals surface area contributed by atoms with Crippen LogP contribution in [0.2, 0.25) is 0 Å². The topological polar surface area (TPSA) is 67.8 Å². The first kappa shape index (κ1) is 18.4. The summed E-state index contributed by atoms with van der Waals surface area (Å²) >= 11 is 2.73. The maximum Gasteiger partial charge on any atom is 0.257 e. The smallest absolute Gasteiger partial charge is 0.257 e. The van der Waals surface area contributed by atoms with E-state index in [4.69, 9.17) is 0 Å². The molecule has 1 N–H and O–H groups in total. The quantitative estimate of drug-likeness (QED) is 0.486. The van der Waals surface area contributed by atoms with Crippen LogP contribution in [0.25, 0.3) is 0 Å². The maximum absolute atomic E-state index is 13.2. The number of rotatable bonds is 6. The molecule has 134 valence electrons. The van der Waals surface area contributed by atoms with Crippen LogP contribution in [0.1, 0.15) is 34.5 Å². The molecule has 0 aliphatic rings. The molecule has 0 aliphatic heterocycles. The lowest BCUT2D eigenvalue weighted by Crippen LogP contribution is -2.12. The number of pyridine rings is 1. The van der Waals surface area contributed by atoms with Gasteiger partial charge in [-0.05, 0) is 30.2 Å². The van der Waals surface area contributed by atoms with Crippen molar-refractivity contribution >= 4 is 34.1 Å². The Labute approximate surface area is 156 Å². The van der Waals surface area contributed by atoms with Gasteiger partial charge in [-0.15, -0.1) is 10.2 Å². The molecule has 2 heterocycles. The van der Waals surface area contributed by atoms with Crippen LogP contribution in [0.5, 0.6) is 0 Å². The second-order valence-electron chi connectivity index (χ2n) is 5.29. The number of carbonyl (C=O) groups is 1. The fraction of sp³-hybridized carbons (Fsp3) is 0.176. The van der Waals surface area contributed by atoms with Crippen molar-refractivity contribution in [3.8, 4) is 0 Å². The van der Waals surface area contributed by atoms with Gasteiger partial charge in [-0.2, -0.15) is 0 Å². The maximum atomic E-state index is 13.2. The zero-order valence-electron chi connectivity index (χ0n) is 13.6. The Kier molecular flexibility index (Phi) is 5.89. The molecule has 0 fully saturated rings. The number of hydrogen-bond donors (Lipinski definition) is 1. The van der Waals surface area contributed by atoms with Crippen molar-refractivity contribution in [2.24, 2.45) is 0 Å². The Bertz CT molecular complexity index is 885. The fourth-order valence-electron chi connectivity index (χ4n) is 2.24. The molecular weight excluding hydrogens is 378 g/mol. The summed E-state index contributed by atoms with van der Waals surface area (Å²) in [7, 11) is 0. The SMILES string of the molecule is CCC(Sc1nnc(NC(=O)c2cc(F)cc(F)c2)s1)c1cccnc1. The Morgan fingerprint density at radius 3 is 2.69 bits per heavy atom. The lowest BCUT2D eigenvalue weighted by Gasteiger charge is -2.11. The predicted molar refractivity (Wildman–Crippen MR) is 97.3 cm³/mol. The van der Waals surface area contributed by atoms with Gasteiger partial charge in [0, 0.05) is 29.3 Å². The highest BCUT2D eigenvalue weighted by Crippen LogP contribution is 2.39. The van der Waals surface area contributed by atoms with Crippen molar-refractivity contribution in [2.75, 3.05) is 5.32 Å². The molecule has 2 aromatic heterocycles. The number of hydrogen-bond acceptors (Lipinski definition) is 6. The summed E-state index contributed by atoms with van der Waals surface area (Å²) in [4.78, 5) is 16.2. The summed E-state index contributed by atoms with van der Waals surface area (Å²) in [5, 5.41) is 10.9. The Morgan fingerprint density at radius 1 is 1.27 bits per heavy atom. The summed E-state index contributed by atoms with van der Waals surface area (Å²) in [6.45, 7) is 2.06. The molecule has 0 saturated heterocycles. The summed E-state index contributed by atoms with van der Waals surface area (Å²) in [6, 6.07) is 6.51. The molecule has 1 amide bonds. The van der Waals surface area contributed by atoms with E-state index >= 15 is 0 Å². The number of nitrogens with zero attached hydrogens (tertiary/aromatic N) is 3. The molecule has 26 heavy (non-hydrogen) atoms. The fourth-order valence-corrected chi connectivity index (χ4v) is 4.26. The van der Waals surface area contributed by atoms with Gasteiger partial charge in [0.2, 0.25) is 5.13 Å². The first-order chi connectivity index (χ1) is 12.5. The largest absolute Gasteiger partial charge is 0.296 e. The normalized spacial score (nSPS) is 12.0. The minimum atomic E-state index is -0.814. The number of amides is 1. The zero-order valence-corrected chi connectivity index (χ0v) is 15.3.